The first-order valence-corrected chi connectivity index (χ1v) is 10.3. The maximum absolute atomic E-state index is 4.70. The number of rotatable bonds is 11. The molecule has 28 heavy (non-hydrogen) atoms. The van der Waals surface area contributed by atoms with Crippen LogP contribution in [0.1, 0.15) is 43.5 Å². The Bertz CT molecular complexity index is 694. The van der Waals surface area contributed by atoms with Gasteiger partial charge in [-0.25, -0.2) is 0 Å². The first-order valence-electron chi connectivity index (χ1n) is 10.3. The van der Waals surface area contributed by atoms with Crippen LogP contribution in [-0.2, 0) is 13.0 Å². The van der Waals surface area contributed by atoms with Gasteiger partial charge in [-0.05, 0) is 58.2 Å². The summed E-state index contributed by atoms with van der Waals surface area (Å²) in [7, 11) is 2.19. The number of guanidine groups is 1. The van der Waals surface area contributed by atoms with Crippen LogP contribution in [0.3, 0.4) is 0 Å². The highest BCUT2D eigenvalue weighted by molar-refractivity contribution is 5.79. The number of hydrogen-bond acceptors (Lipinski definition) is 3. The molecule has 2 aromatic rings. The Hall–Kier alpha value is -2.34. The van der Waals surface area contributed by atoms with Crippen LogP contribution in [0.15, 0.2) is 41.5 Å². The molecule has 3 N–H and O–H groups in total. The summed E-state index contributed by atoms with van der Waals surface area (Å²) < 4.78 is 0. The Morgan fingerprint density at radius 2 is 2.04 bits per heavy atom. The third-order valence-electron chi connectivity index (χ3n) is 5.03. The topological polar surface area (TPSA) is 68.3 Å². The van der Waals surface area contributed by atoms with E-state index in [0.717, 1.165) is 57.1 Å². The van der Waals surface area contributed by atoms with E-state index in [1.54, 1.807) is 0 Å². The predicted molar refractivity (Wildman–Crippen MR) is 118 cm³/mol. The van der Waals surface area contributed by atoms with Gasteiger partial charge in [0.05, 0.1) is 6.20 Å². The monoisotopic (exact) mass is 384 g/mol. The van der Waals surface area contributed by atoms with Gasteiger partial charge in [-0.3, -0.25) is 15.0 Å². The largest absolute Gasteiger partial charge is 0.357 e. The van der Waals surface area contributed by atoms with Crippen LogP contribution < -0.4 is 10.6 Å². The van der Waals surface area contributed by atoms with Crippen LogP contribution in [0.2, 0.25) is 0 Å². The van der Waals surface area contributed by atoms with Crippen LogP contribution in [0.5, 0.6) is 0 Å². The zero-order valence-electron chi connectivity index (χ0n) is 17.8. The molecule has 0 saturated heterocycles. The second-order valence-corrected chi connectivity index (χ2v) is 7.35. The molecule has 154 valence electrons. The fraction of sp³-hybridized carbons (Fsp3) is 0.545. The number of H-pyrrole nitrogens is 1. The van der Waals surface area contributed by atoms with Gasteiger partial charge in [-0.15, -0.1) is 0 Å². The molecule has 6 nitrogen and oxygen atoms in total. The van der Waals surface area contributed by atoms with Gasteiger partial charge in [0, 0.05) is 37.9 Å². The molecule has 0 bridgehead atoms. The van der Waals surface area contributed by atoms with Crippen LogP contribution in [0.4, 0.5) is 0 Å². The summed E-state index contributed by atoms with van der Waals surface area (Å²) in [6, 6.07) is 11.1. The number of nitrogens with zero attached hydrogens (tertiary/aromatic N) is 3. The van der Waals surface area contributed by atoms with Gasteiger partial charge in [0.1, 0.15) is 0 Å². The van der Waals surface area contributed by atoms with Crippen molar-refractivity contribution in [3.05, 3.63) is 53.3 Å². The molecule has 0 spiro atoms. The quantitative estimate of drug-likeness (QED) is 0.316. The van der Waals surface area contributed by atoms with Gasteiger partial charge in [-0.2, -0.15) is 5.10 Å². The highest BCUT2D eigenvalue weighted by Gasteiger charge is 2.09. The predicted octanol–water partition coefficient (Wildman–Crippen LogP) is 3.12. The minimum atomic E-state index is 0.500. The normalized spacial score (nSPS) is 13.0. The zero-order valence-corrected chi connectivity index (χ0v) is 17.8. The van der Waals surface area contributed by atoms with Gasteiger partial charge >= 0.3 is 0 Å². The Balaban J connectivity index is 1.70. The lowest BCUT2D eigenvalue weighted by atomic mass is 10.1. The summed E-state index contributed by atoms with van der Waals surface area (Å²) in [5.41, 5.74) is 3.79. The number of aromatic amines is 1. The minimum absolute atomic E-state index is 0.500. The molecule has 0 fully saturated rings. The van der Waals surface area contributed by atoms with Crippen molar-refractivity contribution >= 4 is 5.96 Å². The molecular formula is C22H36N6. The van der Waals surface area contributed by atoms with Gasteiger partial charge in [0.25, 0.3) is 0 Å². The summed E-state index contributed by atoms with van der Waals surface area (Å²) >= 11 is 0. The highest BCUT2D eigenvalue weighted by atomic mass is 15.2. The summed E-state index contributed by atoms with van der Waals surface area (Å²) in [5, 5.41) is 13.9. The molecule has 1 unspecified atom stereocenters. The Kier molecular flexibility index (Phi) is 9.55. The summed E-state index contributed by atoms with van der Waals surface area (Å²) in [6.07, 6.45) is 5.01. The van der Waals surface area contributed by atoms with Crippen LogP contribution >= 0.6 is 0 Å². The maximum Gasteiger partial charge on any atom is 0.191 e. The highest BCUT2D eigenvalue weighted by Crippen LogP contribution is 2.08. The molecule has 0 aliphatic heterocycles. The Labute approximate surface area is 169 Å². The average molecular weight is 385 g/mol. The Morgan fingerprint density at radius 3 is 2.71 bits per heavy atom. The summed E-state index contributed by atoms with van der Waals surface area (Å²) in [6.45, 7) is 10.0. The molecule has 0 saturated carbocycles. The van der Waals surface area contributed by atoms with Crippen LogP contribution in [-0.4, -0.2) is 53.8 Å². The molecule has 1 aromatic carbocycles. The molecule has 1 atom stereocenters. The molecule has 0 radical (unpaired) electrons. The second kappa shape index (κ2) is 12.2. The summed E-state index contributed by atoms with van der Waals surface area (Å²) in [5.74, 6) is 0.907. The molecule has 0 amide bonds. The number of nitrogens with one attached hydrogen (secondary N) is 3. The standard InChI is InChI=1S/C22H36N6/c1-5-23-22(24-14-9-12-21-16-26-27-19(21)3)25-15-13-18(2)28(4)17-20-10-7-6-8-11-20/h6-8,10-11,16,18H,5,9,12-15,17H2,1-4H3,(H,26,27)(H2,23,24,25). The first kappa shape index (κ1) is 22.0. The van der Waals surface area contributed by atoms with E-state index >= 15 is 0 Å². The van der Waals surface area contributed by atoms with Crippen molar-refractivity contribution in [3.63, 3.8) is 0 Å². The lowest BCUT2D eigenvalue weighted by Gasteiger charge is -2.25. The molecule has 1 heterocycles. The van der Waals surface area contributed by atoms with Crippen molar-refractivity contribution in [2.75, 3.05) is 26.7 Å². The molecular weight excluding hydrogens is 348 g/mol. The van der Waals surface area contributed by atoms with E-state index < -0.39 is 0 Å². The van der Waals surface area contributed by atoms with Crippen molar-refractivity contribution < 1.29 is 0 Å². The van der Waals surface area contributed by atoms with Gasteiger partial charge < -0.3 is 10.6 Å². The van der Waals surface area contributed by atoms with Crippen molar-refractivity contribution in [1.29, 1.82) is 0 Å². The molecule has 1 aromatic heterocycles. The number of aryl methyl sites for hydroxylation is 2. The van der Waals surface area contributed by atoms with Crippen molar-refractivity contribution in [3.8, 4) is 0 Å². The minimum Gasteiger partial charge on any atom is -0.357 e. The van der Waals surface area contributed by atoms with Crippen molar-refractivity contribution in [1.82, 2.24) is 25.7 Å². The number of aliphatic imine (C=N–C) groups is 1. The zero-order chi connectivity index (χ0) is 20.2. The van der Waals surface area contributed by atoms with E-state index in [2.05, 4.69) is 83.9 Å². The van der Waals surface area contributed by atoms with Crippen LogP contribution in [0.25, 0.3) is 0 Å². The van der Waals surface area contributed by atoms with E-state index in [0.29, 0.717) is 6.04 Å². The molecule has 0 aliphatic carbocycles. The first-order chi connectivity index (χ1) is 13.6. The smallest absolute Gasteiger partial charge is 0.191 e. The van der Waals surface area contributed by atoms with Crippen molar-refractivity contribution in [2.45, 2.75) is 52.6 Å². The summed E-state index contributed by atoms with van der Waals surface area (Å²) in [4.78, 5) is 7.10. The average Bonchev–Trinajstić information content (AvgIpc) is 3.10. The Morgan fingerprint density at radius 1 is 1.25 bits per heavy atom. The van der Waals surface area contributed by atoms with Gasteiger partial charge in [0.15, 0.2) is 5.96 Å². The van der Waals surface area contributed by atoms with E-state index in [1.807, 2.05) is 6.20 Å². The third kappa shape index (κ3) is 7.72. The third-order valence-corrected chi connectivity index (χ3v) is 5.03. The lowest BCUT2D eigenvalue weighted by molar-refractivity contribution is 0.238. The number of aromatic nitrogens is 2. The second-order valence-electron chi connectivity index (χ2n) is 7.35. The number of hydrogen-bond donors (Lipinski definition) is 3. The molecule has 2 rings (SSSR count). The van der Waals surface area contributed by atoms with E-state index in [9.17, 15) is 0 Å². The SMILES string of the molecule is CCNC(=NCCCc1cn[nH]c1C)NCCC(C)N(C)Cc1ccccc1. The van der Waals surface area contributed by atoms with E-state index in [-0.39, 0.29) is 0 Å². The van der Waals surface area contributed by atoms with Gasteiger partial charge in [0.2, 0.25) is 0 Å². The molecule has 6 heteroatoms. The fourth-order valence-electron chi connectivity index (χ4n) is 3.08. The van der Waals surface area contributed by atoms with Gasteiger partial charge in [-0.1, -0.05) is 30.3 Å². The maximum atomic E-state index is 4.70. The van der Waals surface area contributed by atoms with E-state index in [4.69, 9.17) is 4.99 Å². The fourth-order valence-corrected chi connectivity index (χ4v) is 3.08. The molecule has 0 aliphatic rings. The van der Waals surface area contributed by atoms with E-state index in [1.165, 1.54) is 11.1 Å². The lowest BCUT2D eigenvalue weighted by Crippen LogP contribution is -2.40. The van der Waals surface area contributed by atoms with Crippen molar-refractivity contribution in [2.24, 2.45) is 4.99 Å². The number of benzene rings is 1. The van der Waals surface area contributed by atoms with Crippen LogP contribution in [0, 0.1) is 6.92 Å².